The number of phenolic OH excluding ortho intramolecular Hbond substituents is 1. The molecule has 2 rings (SSSR count). The molecule has 0 aliphatic rings. The number of halogens is 6. The molecule has 0 saturated carbocycles. The lowest BCUT2D eigenvalue weighted by Gasteiger charge is -2.11. The first-order valence-electron chi connectivity index (χ1n) is 7.80. The molecule has 2 aromatic carbocycles. The zero-order valence-electron chi connectivity index (χ0n) is 15.2. The zero-order valence-corrected chi connectivity index (χ0v) is 15.2. The Balaban J connectivity index is 0.000000316. The highest BCUT2D eigenvalue weighted by molar-refractivity contribution is 5.90. The van der Waals surface area contributed by atoms with E-state index in [0.717, 1.165) is 25.1 Å². The third kappa shape index (κ3) is 7.21. The van der Waals surface area contributed by atoms with Gasteiger partial charge in [0, 0.05) is 6.92 Å². The molecular formula is C18H12F6O7. The van der Waals surface area contributed by atoms with Gasteiger partial charge in [-0.05, 0) is 36.4 Å². The maximum atomic E-state index is 12.5. The third-order valence-corrected chi connectivity index (χ3v) is 3.33. The van der Waals surface area contributed by atoms with Crippen LogP contribution in [0.25, 0.3) is 0 Å². The minimum absolute atomic E-state index is 0.352. The maximum absolute atomic E-state index is 12.5. The highest BCUT2D eigenvalue weighted by Crippen LogP contribution is 2.35. The summed E-state index contributed by atoms with van der Waals surface area (Å²) in [5, 5.41) is 25.8. The second-order valence-electron chi connectivity index (χ2n) is 5.64. The first kappa shape index (κ1) is 25.3. The molecule has 0 saturated heterocycles. The minimum Gasteiger partial charge on any atom is -0.508 e. The number of benzene rings is 2. The Labute approximate surface area is 169 Å². The number of ether oxygens (including phenoxy) is 1. The van der Waals surface area contributed by atoms with E-state index in [1.807, 2.05) is 0 Å². The second kappa shape index (κ2) is 9.36. The molecule has 0 aliphatic carbocycles. The van der Waals surface area contributed by atoms with Gasteiger partial charge in [-0.25, -0.2) is 9.59 Å². The van der Waals surface area contributed by atoms with Crippen molar-refractivity contribution in [3.63, 3.8) is 0 Å². The number of rotatable bonds is 3. The van der Waals surface area contributed by atoms with E-state index in [4.69, 9.17) is 15.3 Å². The molecule has 2 aromatic rings. The Bertz CT molecular complexity index is 996. The van der Waals surface area contributed by atoms with Gasteiger partial charge in [-0.2, -0.15) is 26.3 Å². The molecule has 0 unspecified atom stereocenters. The van der Waals surface area contributed by atoms with Gasteiger partial charge in [-0.15, -0.1) is 0 Å². The second-order valence-corrected chi connectivity index (χ2v) is 5.64. The average Bonchev–Trinajstić information content (AvgIpc) is 2.59. The predicted molar refractivity (Wildman–Crippen MR) is 89.8 cm³/mol. The molecule has 0 heterocycles. The lowest BCUT2D eigenvalue weighted by molar-refractivity contribution is -0.139. The monoisotopic (exact) mass is 454 g/mol. The van der Waals surface area contributed by atoms with Gasteiger partial charge in [-0.1, -0.05) is 0 Å². The Morgan fingerprint density at radius 1 is 0.774 bits per heavy atom. The van der Waals surface area contributed by atoms with Crippen LogP contribution in [0.1, 0.15) is 38.8 Å². The predicted octanol–water partition coefficient (Wildman–Crippen LogP) is 4.44. The third-order valence-electron chi connectivity index (χ3n) is 3.33. The molecular weight excluding hydrogens is 442 g/mol. The number of esters is 1. The Morgan fingerprint density at radius 3 is 1.58 bits per heavy atom. The number of alkyl halides is 6. The van der Waals surface area contributed by atoms with E-state index in [-0.39, 0.29) is 5.75 Å². The molecule has 7 nitrogen and oxygen atoms in total. The summed E-state index contributed by atoms with van der Waals surface area (Å²) in [6.45, 7) is 1.03. The largest absolute Gasteiger partial charge is 0.508 e. The van der Waals surface area contributed by atoms with E-state index < -0.39 is 58.3 Å². The maximum Gasteiger partial charge on any atom is 0.417 e. The number of phenols is 1. The fourth-order valence-corrected chi connectivity index (χ4v) is 2.13. The van der Waals surface area contributed by atoms with Gasteiger partial charge < -0.3 is 20.1 Å². The number of carbonyl (C=O) groups is 3. The summed E-state index contributed by atoms with van der Waals surface area (Å²) in [5.74, 6) is -5.15. The zero-order chi connectivity index (χ0) is 24.1. The number of carboxylic acid groups (broad SMARTS) is 2. The molecule has 0 radical (unpaired) electrons. The molecule has 0 atom stereocenters. The Hall–Kier alpha value is -3.77. The van der Waals surface area contributed by atoms with Crippen LogP contribution in [0.4, 0.5) is 26.3 Å². The fourth-order valence-electron chi connectivity index (χ4n) is 2.13. The van der Waals surface area contributed by atoms with Gasteiger partial charge in [0.15, 0.2) is 0 Å². The Morgan fingerprint density at radius 2 is 1.19 bits per heavy atom. The minimum atomic E-state index is -4.83. The summed E-state index contributed by atoms with van der Waals surface area (Å²) in [5.41, 5.74) is -4.49. The molecule has 0 amide bonds. The van der Waals surface area contributed by atoms with Crippen LogP contribution in [-0.2, 0) is 17.1 Å². The normalized spacial score (nSPS) is 11.2. The first-order valence-corrected chi connectivity index (χ1v) is 7.80. The van der Waals surface area contributed by atoms with Crippen molar-refractivity contribution in [2.24, 2.45) is 0 Å². The van der Waals surface area contributed by atoms with E-state index in [2.05, 4.69) is 4.74 Å². The molecule has 0 aromatic heterocycles. The molecule has 0 aliphatic heterocycles. The van der Waals surface area contributed by atoms with Crippen molar-refractivity contribution in [2.45, 2.75) is 19.3 Å². The highest BCUT2D eigenvalue weighted by Gasteiger charge is 2.36. The van der Waals surface area contributed by atoms with Gasteiger partial charge in [0.05, 0.1) is 22.3 Å². The van der Waals surface area contributed by atoms with Crippen molar-refractivity contribution >= 4 is 17.9 Å². The molecule has 0 bridgehead atoms. The fraction of sp³-hybridized carbons (Fsp3) is 0.167. The van der Waals surface area contributed by atoms with Crippen molar-refractivity contribution in [3.8, 4) is 11.5 Å². The smallest absolute Gasteiger partial charge is 0.417 e. The van der Waals surface area contributed by atoms with Crippen LogP contribution in [0.3, 0.4) is 0 Å². The van der Waals surface area contributed by atoms with Crippen molar-refractivity contribution in [2.75, 3.05) is 0 Å². The van der Waals surface area contributed by atoms with Crippen LogP contribution in [0.2, 0.25) is 0 Å². The van der Waals surface area contributed by atoms with E-state index in [9.17, 15) is 40.7 Å². The molecule has 13 heteroatoms. The van der Waals surface area contributed by atoms with Crippen LogP contribution in [-0.4, -0.2) is 33.2 Å². The number of carbonyl (C=O) groups excluding carboxylic acids is 1. The number of hydrogen-bond acceptors (Lipinski definition) is 5. The summed E-state index contributed by atoms with van der Waals surface area (Å²) in [6, 6.07) is 4.18. The number of carboxylic acids is 2. The topological polar surface area (TPSA) is 121 Å². The summed E-state index contributed by atoms with van der Waals surface area (Å²) >= 11 is 0. The van der Waals surface area contributed by atoms with E-state index in [0.29, 0.717) is 18.2 Å². The van der Waals surface area contributed by atoms with Gasteiger partial charge in [0.25, 0.3) is 0 Å². The van der Waals surface area contributed by atoms with E-state index in [1.165, 1.54) is 0 Å². The lowest BCUT2D eigenvalue weighted by Crippen LogP contribution is -2.13. The highest BCUT2D eigenvalue weighted by atomic mass is 19.4. The van der Waals surface area contributed by atoms with Crippen molar-refractivity contribution in [3.05, 3.63) is 58.7 Å². The first-order chi connectivity index (χ1) is 14.0. The van der Waals surface area contributed by atoms with Gasteiger partial charge in [0.1, 0.15) is 11.5 Å². The van der Waals surface area contributed by atoms with Gasteiger partial charge in [0.2, 0.25) is 0 Å². The van der Waals surface area contributed by atoms with Crippen molar-refractivity contribution < 1.29 is 60.8 Å². The number of aromatic carboxylic acids is 2. The summed E-state index contributed by atoms with van der Waals surface area (Å²) < 4.78 is 78.7. The quantitative estimate of drug-likeness (QED) is 0.356. The van der Waals surface area contributed by atoms with Crippen LogP contribution in [0.5, 0.6) is 11.5 Å². The van der Waals surface area contributed by atoms with Crippen LogP contribution >= 0.6 is 0 Å². The lowest BCUT2D eigenvalue weighted by atomic mass is 10.1. The molecule has 3 N–H and O–H groups in total. The van der Waals surface area contributed by atoms with Gasteiger partial charge in [-0.3, -0.25) is 4.79 Å². The van der Waals surface area contributed by atoms with Crippen molar-refractivity contribution in [1.82, 2.24) is 0 Å². The standard InChI is InChI=1S/C10H7F3O4.C8H5F3O3/c1-5(14)17-6-2-3-7(9(15)16)8(4-6)10(11,12)13;9-8(10,11)6-3-4(12)1-2-5(6)7(13)14/h2-4H,1H3,(H,15,16);1-3,12H,(H,13,14). The molecule has 31 heavy (non-hydrogen) atoms. The van der Waals surface area contributed by atoms with Crippen LogP contribution in [0.15, 0.2) is 36.4 Å². The Kier molecular flexibility index (Phi) is 7.63. The van der Waals surface area contributed by atoms with Crippen LogP contribution < -0.4 is 4.74 Å². The van der Waals surface area contributed by atoms with Crippen molar-refractivity contribution in [1.29, 1.82) is 0 Å². The summed E-state index contributed by atoms with van der Waals surface area (Å²) in [7, 11) is 0. The number of aromatic hydroxyl groups is 1. The molecule has 168 valence electrons. The average molecular weight is 454 g/mol. The SMILES string of the molecule is CC(=O)Oc1ccc(C(=O)O)c(C(F)(F)F)c1.O=C(O)c1ccc(O)cc1C(F)(F)F. The molecule has 0 fully saturated rings. The molecule has 0 spiro atoms. The van der Waals surface area contributed by atoms with Gasteiger partial charge >= 0.3 is 30.3 Å². The summed E-state index contributed by atoms with van der Waals surface area (Å²) in [6.07, 6.45) is -9.61. The van der Waals surface area contributed by atoms with E-state index in [1.54, 1.807) is 0 Å². The number of hydrogen-bond donors (Lipinski definition) is 3. The van der Waals surface area contributed by atoms with Crippen LogP contribution in [0, 0.1) is 0 Å². The summed E-state index contributed by atoms with van der Waals surface area (Å²) in [4.78, 5) is 31.6. The van der Waals surface area contributed by atoms with E-state index >= 15 is 0 Å².